The lowest BCUT2D eigenvalue weighted by molar-refractivity contribution is 0.306. The number of pyridine rings is 1. The van der Waals surface area contributed by atoms with Gasteiger partial charge in [-0.25, -0.2) is 8.42 Å². The lowest BCUT2D eigenvalue weighted by atomic mass is 10.1. The van der Waals surface area contributed by atoms with Gasteiger partial charge in [-0.1, -0.05) is 26.0 Å². The number of sulfonamides is 1. The van der Waals surface area contributed by atoms with Gasteiger partial charge in [0.05, 0.1) is 10.6 Å². The molecule has 0 radical (unpaired) electrons. The summed E-state index contributed by atoms with van der Waals surface area (Å²) in [7, 11) is -3.70. The molecule has 6 heteroatoms. The van der Waals surface area contributed by atoms with Gasteiger partial charge in [-0.3, -0.25) is 9.29 Å². The molecule has 0 amide bonds. The van der Waals surface area contributed by atoms with Crippen molar-refractivity contribution in [2.24, 2.45) is 5.92 Å². The van der Waals surface area contributed by atoms with E-state index in [1.807, 2.05) is 58.0 Å². The first-order valence-corrected chi connectivity index (χ1v) is 11.4. The van der Waals surface area contributed by atoms with Crippen molar-refractivity contribution in [1.29, 1.82) is 0 Å². The Kier molecular flexibility index (Phi) is 6.77. The van der Waals surface area contributed by atoms with Gasteiger partial charge in [0, 0.05) is 18.9 Å². The van der Waals surface area contributed by atoms with Gasteiger partial charge in [0.25, 0.3) is 10.0 Å². The largest absolute Gasteiger partial charge is 0.489 e. The van der Waals surface area contributed by atoms with E-state index < -0.39 is 10.0 Å². The van der Waals surface area contributed by atoms with Gasteiger partial charge in [0.15, 0.2) is 0 Å². The van der Waals surface area contributed by atoms with Crippen LogP contribution in [0.15, 0.2) is 71.9 Å². The fourth-order valence-electron chi connectivity index (χ4n) is 3.13. The Morgan fingerprint density at radius 3 is 2.27 bits per heavy atom. The first-order valence-electron chi connectivity index (χ1n) is 9.99. The summed E-state index contributed by atoms with van der Waals surface area (Å²) in [6.45, 7) is 8.75. The highest BCUT2D eigenvalue weighted by atomic mass is 32.2. The van der Waals surface area contributed by atoms with E-state index in [0.29, 0.717) is 18.9 Å². The highest BCUT2D eigenvalue weighted by Gasteiger charge is 2.27. The zero-order valence-electron chi connectivity index (χ0n) is 17.9. The Morgan fingerprint density at radius 2 is 1.63 bits per heavy atom. The van der Waals surface area contributed by atoms with Crippen LogP contribution in [0.1, 0.15) is 30.5 Å². The summed E-state index contributed by atoms with van der Waals surface area (Å²) in [6, 6.07) is 16.3. The third kappa shape index (κ3) is 5.19. The van der Waals surface area contributed by atoms with Crippen molar-refractivity contribution in [1.82, 2.24) is 4.98 Å². The summed E-state index contributed by atoms with van der Waals surface area (Å²) in [5.74, 6) is 0.801. The molecule has 0 saturated heterocycles. The van der Waals surface area contributed by atoms with Crippen LogP contribution >= 0.6 is 0 Å². The Morgan fingerprint density at radius 1 is 0.967 bits per heavy atom. The zero-order valence-corrected chi connectivity index (χ0v) is 18.7. The molecule has 0 unspecified atom stereocenters. The van der Waals surface area contributed by atoms with E-state index in [0.717, 1.165) is 22.4 Å². The Bertz CT molecular complexity index is 1080. The van der Waals surface area contributed by atoms with Gasteiger partial charge < -0.3 is 4.74 Å². The van der Waals surface area contributed by atoms with Crippen molar-refractivity contribution in [3.63, 3.8) is 0 Å². The average Bonchev–Trinajstić information content (AvgIpc) is 2.73. The van der Waals surface area contributed by atoms with Crippen molar-refractivity contribution >= 4 is 15.7 Å². The molecule has 0 aliphatic rings. The van der Waals surface area contributed by atoms with Crippen molar-refractivity contribution in [3.8, 4) is 5.75 Å². The fraction of sp³-hybridized carbons (Fsp3) is 0.292. The van der Waals surface area contributed by atoms with Crippen LogP contribution in [-0.2, 0) is 16.6 Å². The molecule has 0 saturated carbocycles. The monoisotopic (exact) mass is 424 g/mol. The smallest absolute Gasteiger partial charge is 0.264 e. The van der Waals surface area contributed by atoms with Gasteiger partial charge in [-0.2, -0.15) is 0 Å². The van der Waals surface area contributed by atoms with Gasteiger partial charge >= 0.3 is 0 Å². The topological polar surface area (TPSA) is 59.5 Å². The summed E-state index contributed by atoms with van der Waals surface area (Å²) in [4.78, 5) is 4.24. The molecule has 0 spiro atoms. The summed E-state index contributed by atoms with van der Waals surface area (Å²) in [5.41, 5.74) is 3.68. The van der Waals surface area contributed by atoms with Crippen molar-refractivity contribution in [2.45, 2.75) is 39.2 Å². The highest BCUT2D eigenvalue weighted by Crippen LogP contribution is 2.29. The van der Waals surface area contributed by atoms with E-state index in [9.17, 15) is 8.42 Å². The maximum Gasteiger partial charge on any atom is 0.264 e. The maximum absolute atomic E-state index is 13.5. The minimum atomic E-state index is -3.70. The molecule has 30 heavy (non-hydrogen) atoms. The molecule has 1 aromatic heterocycles. The van der Waals surface area contributed by atoms with Crippen LogP contribution < -0.4 is 9.04 Å². The third-order valence-electron chi connectivity index (χ3n) is 4.73. The Hall–Kier alpha value is -2.86. The number of aryl methyl sites for hydroxylation is 2. The van der Waals surface area contributed by atoms with E-state index >= 15 is 0 Å². The quantitative estimate of drug-likeness (QED) is 0.503. The zero-order chi connectivity index (χ0) is 21.7. The maximum atomic E-state index is 13.5. The van der Waals surface area contributed by atoms with Crippen LogP contribution in [0.4, 0.5) is 5.69 Å². The number of nitrogens with zero attached hydrogens (tertiary/aromatic N) is 2. The predicted octanol–water partition coefficient (Wildman–Crippen LogP) is 5.13. The minimum Gasteiger partial charge on any atom is -0.489 e. The van der Waals surface area contributed by atoms with Crippen LogP contribution in [0.2, 0.25) is 0 Å². The number of hydrogen-bond acceptors (Lipinski definition) is 4. The number of rotatable bonds is 8. The first-order chi connectivity index (χ1) is 14.3. The van der Waals surface area contributed by atoms with Crippen LogP contribution in [0.5, 0.6) is 5.75 Å². The SMILES string of the molecule is Cc1ccc(C)c(N(CC(C)C)S(=O)(=O)c2ccc(OCc3ccncc3)cc2)c1. The van der Waals surface area contributed by atoms with Crippen LogP contribution in [0, 0.1) is 19.8 Å². The normalized spacial score (nSPS) is 11.5. The first kappa shape index (κ1) is 21.8. The molecule has 158 valence electrons. The number of hydrogen-bond donors (Lipinski definition) is 0. The number of anilines is 1. The summed E-state index contributed by atoms with van der Waals surface area (Å²) in [5, 5.41) is 0. The molecular formula is C24H28N2O3S. The van der Waals surface area contributed by atoms with Crippen molar-refractivity contribution in [3.05, 3.63) is 83.7 Å². The second-order valence-corrected chi connectivity index (χ2v) is 9.70. The van der Waals surface area contributed by atoms with Gasteiger partial charge in [0.2, 0.25) is 0 Å². The predicted molar refractivity (Wildman–Crippen MR) is 120 cm³/mol. The Balaban J connectivity index is 1.86. The molecule has 3 aromatic rings. The third-order valence-corrected chi connectivity index (χ3v) is 6.52. The van der Waals surface area contributed by atoms with Crippen LogP contribution in [-0.4, -0.2) is 19.9 Å². The second-order valence-electron chi connectivity index (χ2n) is 7.84. The number of aromatic nitrogens is 1. The van der Waals surface area contributed by atoms with E-state index in [1.165, 1.54) is 4.31 Å². The average molecular weight is 425 g/mol. The van der Waals surface area contributed by atoms with Crippen LogP contribution in [0.25, 0.3) is 0 Å². The van der Waals surface area contributed by atoms with Crippen molar-refractivity contribution < 1.29 is 13.2 Å². The number of benzene rings is 2. The number of ether oxygens (including phenoxy) is 1. The van der Waals surface area contributed by atoms with Crippen LogP contribution in [0.3, 0.4) is 0 Å². The van der Waals surface area contributed by atoms with Crippen molar-refractivity contribution in [2.75, 3.05) is 10.8 Å². The fourth-order valence-corrected chi connectivity index (χ4v) is 4.81. The van der Waals surface area contributed by atoms with Gasteiger partial charge in [-0.15, -0.1) is 0 Å². The standard InChI is InChI=1S/C24H28N2O3S/c1-18(2)16-26(24-15-19(3)5-6-20(24)4)30(27,28)23-9-7-22(8-10-23)29-17-21-11-13-25-14-12-21/h5-15,18H,16-17H2,1-4H3. The molecule has 0 aliphatic carbocycles. The van der Waals surface area contributed by atoms with E-state index in [1.54, 1.807) is 36.7 Å². The molecule has 5 nitrogen and oxygen atoms in total. The molecule has 3 rings (SSSR count). The molecular weight excluding hydrogens is 396 g/mol. The molecule has 0 fully saturated rings. The van der Waals surface area contributed by atoms with Gasteiger partial charge in [0.1, 0.15) is 12.4 Å². The highest BCUT2D eigenvalue weighted by molar-refractivity contribution is 7.92. The molecule has 0 bridgehead atoms. The van der Waals surface area contributed by atoms with Gasteiger partial charge in [-0.05, 0) is 78.9 Å². The van der Waals surface area contributed by atoms with E-state index in [-0.39, 0.29) is 10.8 Å². The van der Waals surface area contributed by atoms with E-state index in [2.05, 4.69) is 4.98 Å². The lowest BCUT2D eigenvalue weighted by Crippen LogP contribution is -2.34. The molecule has 1 heterocycles. The minimum absolute atomic E-state index is 0.183. The molecule has 0 N–H and O–H groups in total. The Labute approximate surface area is 179 Å². The molecule has 0 atom stereocenters. The lowest BCUT2D eigenvalue weighted by Gasteiger charge is -2.28. The summed E-state index contributed by atoms with van der Waals surface area (Å²) in [6.07, 6.45) is 3.43. The molecule has 2 aromatic carbocycles. The second kappa shape index (κ2) is 9.30. The molecule has 0 aliphatic heterocycles. The summed E-state index contributed by atoms with van der Waals surface area (Å²) >= 11 is 0. The summed E-state index contributed by atoms with van der Waals surface area (Å²) < 4.78 is 34.3. The van der Waals surface area contributed by atoms with E-state index in [4.69, 9.17) is 4.74 Å².